The molecule has 0 radical (unpaired) electrons. The number of rotatable bonds is 7. The third-order valence-electron chi connectivity index (χ3n) is 5.50. The van der Waals surface area contributed by atoms with E-state index in [0.29, 0.717) is 36.5 Å². The Balaban J connectivity index is 1.59. The number of amides is 2. The lowest BCUT2D eigenvalue weighted by Gasteiger charge is -2.32. The van der Waals surface area contributed by atoms with Crippen molar-refractivity contribution < 1.29 is 19.1 Å². The first kappa shape index (κ1) is 23.8. The predicted molar refractivity (Wildman–Crippen MR) is 123 cm³/mol. The molecule has 0 spiro atoms. The molecule has 0 aliphatic carbocycles. The highest BCUT2D eigenvalue weighted by Gasteiger charge is 2.30. The fraction of sp³-hybridized carbons (Fsp3) is 0.400. The zero-order valence-electron chi connectivity index (χ0n) is 18.4. The summed E-state index contributed by atoms with van der Waals surface area (Å²) in [4.78, 5) is 39.7. The monoisotopic (exact) mass is 456 g/mol. The van der Waals surface area contributed by atoms with Gasteiger partial charge in [0.05, 0.1) is 18.6 Å². The van der Waals surface area contributed by atoms with Gasteiger partial charge in [-0.15, -0.1) is 0 Å². The van der Waals surface area contributed by atoms with Crippen LogP contribution in [0.3, 0.4) is 0 Å². The van der Waals surface area contributed by atoms with Crippen molar-refractivity contribution in [2.45, 2.75) is 45.3 Å². The van der Waals surface area contributed by atoms with E-state index >= 15 is 0 Å². The van der Waals surface area contributed by atoms with Crippen LogP contribution in [0.2, 0.25) is 5.02 Å². The summed E-state index contributed by atoms with van der Waals surface area (Å²) in [5, 5.41) is 3.62. The summed E-state index contributed by atoms with van der Waals surface area (Å²) >= 11 is 5.90. The van der Waals surface area contributed by atoms with Gasteiger partial charge < -0.3 is 15.0 Å². The van der Waals surface area contributed by atoms with E-state index < -0.39 is 6.04 Å². The molecule has 7 heteroatoms. The van der Waals surface area contributed by atoms with Crippen molar-refractivity contribution in [2.24, 2.45) is 5.92 Å². The van der Waals surface area contributed by atoms with Crippen LogP contribution in [0.1, 0.15) is 55.1 Å². The molecule has 0 saturated carbocycles. The second-order valence-electron chi connectivity index (χ2n) is 8.29. The lowest BCUT2D eigenvalue weighted by atomic mass is 9.94. The molecular weight excluding hydrogens is 428 g/mol. The third-order valence-corrected chi connectivity index (χ3v) is 5.75. The highest BCUT2D eigenvalue weighted by molar-refractivity contribution is 6.30. The van der Waals surface area contributed by atoms with Gasteiger partial charge in [-0.05, 0) is 56.5 Å². The maximum atomic E-state index is 13.0. The largest absolute Gasteiger partial charge is 0.463 e. The number of piperidine rings is 1. The van der Waals surface area contributed by atoms with Crippen molar-refractivity contribution in [1.29, 1.82) is 0 Å². The molecule has 0 aromatic heterocycles. The molecule has 1 saturated heterocycles. The van der Waals surface area contributed by atoms with Crippen LogP contribution < -0.4 is 5.32 Å². The fourth-order valence-electron chi connectivity index (χ4n) is 3.82. The first-order valence-corrected chi connectivity index (χ1v) is 11.3. The van der Waals surface area contributed by atoms with E-state index in [1.165, 1.54) is 0 Å². The second kappa shape index (κ2) is 11.1. The molecular formula is C25H29ClN2O4. The molecule has 1 N–H and O–H groups in total. The number of hydrogen-bond acceptors (Lipinski definition) is 4. The molecule has 3 rings (SSSR count). The van der Waals surface area contributed by atoms with Crippen LogP contribution in [0.5, 0.6) is 0 Å². The standard InChI is InChI=1S/C25H29ClN2O4/c1-17(2)32-23(29)16-22(18-6-4-3-5-7-18)27-24(30)19-12-14-28(15-13-19)25(31)20-8-10-21(26)11-9-20/h3-11,17,19,22H,12-16H2,1-2H3,(H,27,30). The minimum Gasteiger partial charge on any atom is -0.463 e. The third kappa shape index (κ3) is 6.57. The number of ether oxygens (including phenoxy) is 1. The summed E-state index contributed by atoms with van der Waals surface area (Å²) in [6.45, 7) is 4.61. The molecule has 1 unspecified atom stereocenters. The fourth-order valence-corrected chi connectivity index (χ4v) is 3.95. The van der Waals surface area contributed by atoms with Gasteiger partial charge in [-0.1, -0.05) is 41.9 Å². The summed E-state index contributed by atoms with van der Waals surface area (Å²) < 4.78 is 5.28. The van der Waals surface area contributed by atoms with Crippen molar-refractivity contribution >= 4 is 29.4 Å². The highest BCUT2D eigenvalue weighted by atomic mass is 35.5. The molecule has 0 bridgehead atoms. The normalized spacial score (nSPS) is 15.3. The molecule has 2 aromatic rings. The number of halogens is 1. The Morgan fingerprint density at radius 2 is 1.66 bits per heavy atom. The Bertz CT molecular complexity index is 923. The van der Waals surface area contributed by atoms with Gasteiger partial charge in [0, 0.05) is 29.6 Å². The lowest BCUT2D eigenvalue weighted by Crippen LogP contribution is -2.44. The van der Waals surface area contributed by atoms with Gasteiger partial charge in [0.2, 0.25) is 5.91 Å². The minimum atomic E-state index is -0.455. The SMILES string of the molecule is CC(C)OC(=O)CC(NC(=O)C1CCN(C(=O)c2ccc(Cl)cc2)CC1)c1ccccc1. The molecule has 6 nitrogen and oxygen atoms in total. The van der Waals surface area contributed by atoms with Crippen LogP contribution in [-0.4, -0.2) is 41.9 Å². The van der Waals surface area contributed by atoms with E-state index in [-0.39, 0.29) is 36.2 Å². The summed E-state index contributed by atoms with van der Waals surface area (Å²) in [5.41, 5.74) is 1.45. The van der Waals surface area contributed by atoms with Crippen LogP contribution >= 0.6 is 11.6 Å². The molecule has 1 fully saturated rings. The van der Waals surface area contributed by atoms with E-state index in [0.717, 1.165) is 5.56 Å². The number of likely N-dealkylation sites (tertiary alicyclic amines) is 1. The Labute approximate surface area is 193 Å². The quantitative estimate of drug-likeness (QED) is 0.627. The summed E-state index contributed by atoms with van der Waals surface area (Å²) in [6, 6.07) is 15.8. The summed E-state index contributed by atoms with van der Waals surface area (Å²) in [7, 11) is 0. The van der Waals surface area contributed by atoms with Crippen molar-refractivity contribution in [3.63, 3.8) is 0 Å². The average Bonchev–Trinajstić information content (AvgIpc) is 2.79. The second-order valence-corrected chi connectivity index (χ2v) is 8.72. The Hall–Kier alpha value is -2.86. The molecule has 32 heavy (non-hydrogen) atoms. The average molecular weight is 457 g/mol. The Morgan fingerprint density at radius 3 is 2.25 bits per heavy atom. The smallest absolute Gasteiger partial charge is 0.308 e. The van der Waals surface area contributed by atoms with Crippen LogP contribution in [0.15, 0.2) is 54.6 Å². The van der Waals surface area contributed by atoms with E-state index in [1.54, 1.807) is 43.0 Å². The maximum absolute atomic E-state index is 13.0. The van der Waals surface area contributed by atoms with Gasteiger partial charge in [0.15, 0.2) is 0 Å². The van der Waals surface area contributed by atoms with Crippen LogP contribution in [0, 0.1) is 5.92 Å². The first-order valence-electron chi connectivity index (χ1n) is 10.9. The highest BCUT2D eigenvalue weighted by Crippen LogP contribution is 2.23. The van der Waals surface area contributed by atoms with Crippen molar-refractivity contribution in [2.75, 3.05) is 13.1 Å². The number of nitrogens with zero attached hydrogens (tertiary/aromatic N) is 1. The minimum absolute atomic E-state index is 0.0564. The molecule has 1 atom stereocenters. The van der Waals surface area contributed by atoms with E-state index in [1.807, 2.05) is 30.3 Å². The van der Waals surface area contributed by atoms with Gasteiger partial charge in [-0.2, -0.15) is 0 Å². The van der Waals surface area contributed by atoms with Gasteiger partial charge in [0.25, 0.3) is 5.91 Å². The zero-order chi connectivity index (χ0) is 23.1. The van der Waals surface area contributed by atoms with E-state index in [9.17, 15) is 14.4 Å². The number of esters is 1. The molecule has 2 aromatic carbocycles. The lowest BCUT2D eigenvalue weighted by molar-refractivity contribution is -0.148. The number of benzene rings is 2. The van der Waals surface area contributed by atoms with Crippen LogP contribution in [-0.2, 0) is 14.3 Å². The summed E-state index contributed by atoms with van der Waals surface area (Å²) in [6.07, 6.45) is 1.01. The molecule has 2 amide bonds. The molecule has 1 heterocycles. The van der Waals surface area contributed by atoms with Crippen molar-refractivity contribution in [3.8, 4) is 0 Å². The van der Waals surface area contributed by atoms with Crippen molar-refractivity contribution in [1.82, 2.24) is 10.2 Å². The molecule has 1 aliphatic rings. The Morgan fingerprint density at radius 1 is 1.03 bits per heavy atom. The van der Waals surface area contributed by atoms with Crippen LogP contribution in [0.25, 0.3) is 0 Å². The van der Waals surface area contributed by atoms with E-state index in [2.05, 4.69) is 5.32 Å². The molecule has 1 aliphatic heterocycles. The summed E-state index contributed by atoms with van der Waals surface area (Å²) in [5.74, 6) is -0.719. The van der Waals surface area contributed by atoms with Crippen molar-refractivity contribution in [3.05, 3.63) is 70.7 Å². The van der Waals surface area contributed by atoms with E-state index in [4.69, 9.17) is 16.3 Å². The zero-order valence-corrected chi connectivity index (χ0v) is 19.2. The maximum Gasteiger partial charge on any atom is 0.308 e. The number of nitrogens with one attached hydrogen (secondary N) is 1. The van der Waals surface area contributed by atoms with Gasteiger partial charge in [-0.3, -0.25) is 14.4 Å². The topological polar surface area (TPSA) is 75.7 Å². The Kier molecular flexibility index (Phi) is 8.28. The number of carbonyl (C=O) groups is 3. The van der Waals surface area contributed by atoms with Crippen LogP contribution in [0.4, 0.5) is 0 Å². The number of carbonyl (C=O) groups excluding carboxylic acids is 3. The predicted octanol–water partition coefficient (Wildman–Crippen LogP) is 4.39. The van der Waals surface area contributed by atoms with Gasteiger partial charge >= 0.3 is 5.97 Å². The number of hydrogen-bond donors (Lipinski definition) is 1. The first-order chi connectivity index (χ1) is 15.3. The van der Waals surface area contributed by atoms with Gasteiger partial charge in [-0.25, -0.2) is 0 Å². The molecule has 170 valence electrons. The van der Waals surface area contributed by atoms with Gasteiger partial charge in [0.1, 0.15) is 0 Å².